The van der Waals surface area contributed by atoms with E-state index in [0.29, 0.717) is 23.6 Å². The summed E-state index contributed by atoms with van der Waals surface area (Å²) in [5.41, 5.74) is -0.944. The van der Waals surface area contributed by atoms with Gasteiger partial charge < -0.3 is 20.4 Å². The van der Waals surface area contributed by atoms with E-state index in [0.717, 1.165) is 0 Å². The lowest BCUT2D eigenvalue weighted by molar-refractivity contribution is 0.0966. The van der Waals surface area contributed by atoms with Gasteiger partial charge >= 0.3 is 0 Å². The average molecular weight is 384 g/mol. The summed E-state index contributed by atoms with van der Waals surface area (Å²) < 4.78 is 19.9. The lowest BCUT2D eigenvalue weighted by atomic mass is 10.1. The van der Waals surface area contributed by atoms with Crippen LogP contribution in [0, 0.1) is 12.7 Å². The molecule has 8 nitrogen and oxygen atoms in total. The predicted molar refractivity (Wildman–Crippen MR) is 100 cm³/mol. The van der Waals surface area contributed by atoms with Crippen molar-refractivity contribution in [2.75, 3.05) is 10.6 Å². The van der Waals surface area contributed by atoms with E-state index in [1.807, 2.05) is 6.92 Å². The molecule has 0 spiro atoms. The zero-order valence-corrected chi connectivity index (χ0v) is 15.2. The van der Waals surface area contributed by atoms with Crippen LogP contribution in [-0.4, -0.2) is 10.9 Å². The Kier molecular flexibility index (Phi) is 4.21. The van der Waals surface area contributed by atoms with Gasteiger partial charge in [0, 0.05) is 6.54 Å². The number of carbonyl (C=O) groups is 1. The summed E-state index contributed by atoms with van der Waals surface area (Å²) in [5.74, 6) is -0.131. The Morgan fingerprint density at radius 3 is 2.64 bits per heavy atom. The number of benzene rings is 1. The van der Waals surface area contributed by atoms with Gasteiger partial charge in [0.15, 0.2) is 0 Å². The van der Waals surface area contributed by atoms with Crippen LogP contribution < -0.4 is 26.8 Å². The topological polar surface area (TPSA) is 113 Å². The summed E-state index contributed by atoms with van der Waals surface area (Å²) in [6.07, 6.45) is 2.10. The number of halogens is 1. The van der Waals surface area contributed by atoms with Gasteiger partial charge in [-0.2, -0.15) is 0 Å². The van der Waals surface area contributed by atoms with Gasteiger partial charge in [-0.3, -0.25) is 14.4 Å². The van der Waals surface area contributed by atoms with Crippen molar-refractivity contribution in [2.45, 2.75) is 32.9 Å². The molecule has 1 atom stereocenters. The number of hydrogen-bond donors (Lipinski definition) is 3. The van der Waals surface area contributed by atoms with Crippen LogP contribution in [0.4, 0.5) is 21.5 Å². The molecule has 28 heavy (non-hydrogen) atoms. The molecule has 3 aromatic rings. The summed E-state index contributed by atoms with van der Waals surface area (Å²) in [6.45, 7) is 3.89. The standard InChI is InChI=1S/C19H17FN4O4/c1-3-11(19-22-6-8(2)28-19)23-14-15(17(26)16(14)25)24-13-10(20)5-4-9-7-21-18(27)12(9)13/h4-6,11,23-24H,3,7H2,1-2H3,(H,21,27). The maximum atomic E-state index is 14.4. The van der Waals surface area contributed by atoms with E-state index in [1.54, 1.807) is 13.1 Å². The van der Waals surface area contributed by atoms with Crippen LogP contribution in [0.15, 0.2) is 32.3 Å². The van der Waals surface area contributed by atoms with Crippen LogP contribution in [-0.2, 0) is 6.54 Å². The number of rotatable bonds is 6. The van der Waals surface area contributed by atoms with Crippen molar-refractivity contribution in [2.24, 2.45) is 0 Å². The molecule has 1 unspecified atom stereocenters. The van der Waals surface area contributed by atoms with Gasteiger partial charge in [-0.25, -0.2) is 9.37 Å². The normalized spacial score (nSPS) is 14.0. The molecule has 4 rings (SSSR count). The maximum Gasteiger partial charge on any atom is 0.254 e. The van der Waals surface area contributed by atoms with E-state index in [1.165, 1.54) is 12.1 Å². The third kappa shape index (κ3) is 2.75. The first-order chi connectivity index (χ1) is 13.4. The molecular weight excluding hydrogens is 367 g/mol. The van der Waals surface area contributed by atoms with E-state index < -0.39 is 28.6 Å². The number of anilines is 3. The van der Waals surface area contributed by atoms with Crippen LogP contribution in [0.2, 0.25) is 0 Å². The molecule has 144 valence electrons. The minimum absolute atomic E-state index is 0.0168. The maximum absolute atomic E-state index is 14.4. The van der Waals surface area contributed by atoms with Crippen molar-refractivity contribution in [1.82, 2.24) is 10.3 Å². The number of hydrogen-bond acceptors (Lipinski definition) is 7. The molecule has 3 N–H and O–H groups in total. The minimum Gasteiger partial charge on any atom is -0.444 e. The fourth-order valence-corrected chi connectivity index (χ4v) is 3.23. The van der Waals surface area contributed by atoms with Crippen LogP contribution in [0.25, 0.3) is 0 Å². The van der Waals surface area contributed by atoms with E-state index in [2.05, 4.69) is 20.9 Å². The first-order valence-corrected chi connectivity index (χ1v) is 8.79. The average Bonchev–Trinajstić information content (AvgIpc) is 3.28. The van der Waals surface area contributed by atoms with Crippen LogP contribution in [0.3, 0.4) is 0 Å². The molecule has 2 aromatic carbocycles. The molecule has 0 saturated heterocycles. The molecule has 2 heterocycles. The Morgan fingerprint density at radius 2 is 1.96 bits per heavy atom. The number of carbonyl (C=O) groups excluding carboxylic acids is 1. The minimum atomic E-state index is -0.781. The van der Waals surface area contributed by atoms with Gasteiger partial charge in [-0.05, 0) is 25.0 Å². The Labute approximate surface area is 158 Å². The third-order valence-electron chi connectivity index (χ3n) is 4.73. The summed E-state index contributed by atoms with van der Waals surface area (Å²) in [7, 11) is 0. The summed E-state index contributed by atoms with van der Waals surface area (Å²) in [5, 5.41) is 8.21. The van der Waals surface area contributed by atoms with Crippen LogP contribution in [0.1, 0.15) is 47.0 Å². The molecule has 1 aliphatic heterocycles. The third-order valence-corrected chi connectivity index (χ3v) is 4.73. The Balaban J connectivity index is 1.68. The molecule has 0 bridgehead atoms. The number of nitrogens with zero attached hydrogens (tertiary/aromatic N) is 1. The SMILES string of the molecule is CCC(Nc1c(Nc2c(F)ccc3c2C(=O)NC3)c(=O)c1=O)c1ncc(C)o1. The van der Waals surface area contributed by atoms with Gasteiger partial charge in [0.05, 0.1) is 17.4 Å². The highest BCUT2D eigenvalue weighted by Gasteiger charge is 2.30. The van der Waals surface area contributed by atoms with Gasteiger partial charge in [-0.15, -0.1) is 0 Å². The molecule has 0 saturated carbocycles. The van der Waals surface area contributed by atoms with Crippen molar-refractivity contribution in [3.8, 4) is 0 Å². The largest absolute Gasteiger partial charge is 0.444 e. The highest BCUT2D eigenvalue weighted by Crippen LogP contribution is 2.32. The van der Waals surface area contributed by atoms with E-state index in [-0.39, 0.29) is 29.2 Å². The summed E-state index contributed by atoms with van der Waals surface area (Å²) in [6, 6.07) is 2.28. The van der Waals surface area contributed by atoms with Crippen molar-refractivity contribution < 1.29 is 13.6 Å². The fraction of sp³-hybridized carbons (Fsp3) is 0.263. The quantitative estimate of drug-likeness (QED) is 0.559. The van der Waals surface area contributed by atoms with E-state index in [9.17, 15) is 18.8 Å². The van der Waals surface area contributed by atoms with Crippen LogP contribution in [0.5, 0.6) is 0 Å². The molecule has 1 amide bonds. The van der Waals surface area contributed by atoms with Gasteiger partial charge in [0.1, 0.15) is 29.0 Å². The van der Waals surface area contributed by atoms with Crippen LogP contribution >= 0.6 is 0 Å². The highest BCUT2D eigenvalue weighted by atomic mass is 19.1. The highest BCUT2D eigenvalue weighted by molar-refractivity contribution is 6.04. The van der Waals surface area contributed by atoms with Gasteiger partial charge in [0.2, 0.25) is 5.89 Å². The number of aromatic nitrogens is 1. The number of fused-ring (bicyclic) bond motifs is 1. The second-order valence-electron chi connectivity index (χ2n) is 6.59. The predicted octanol–water partition coefficient (Wildman–Crippen LogP) is 2.27. The van der Waals surface area contributed by atoms with Crippen molar-refractivity contribution in [1.29, 1.82) is 0 Å². The zero-order valence-electron chi connectivity index (χ0n) is 15.2. The Hall–Kier alpha value is -3.49. The molecule has 1 aliphatic rings. The lowest BCUT2D eigenvalue weighted by Gasteiger charge is -2.20. The second kappa shape index (κ2) is 6.59. The Morgan fingerprint density at radius 1 is 1.21 bits per heavy atom. The molecule has 1 aromatic heterocycles. The van der Waals surface area contributed by atoms with Gasteiger partial charge in [0.25, 0.3) is 16.8 Å². The Bertz CT molecular complexity index is 1160. The molecule has 0 aliphatic carbocycles. The summed E-state index contributed by atoms with van der Waals surface area (Å²) >= 11 is 0. The first-order valence-electron chi connectivity index (χ1n) is 8.79. The summed E-state index contributed by atoms with van der Waals surface area (Å²) in [4.78, 5) is 40.4. The molecule has 0 radical (unpaired) electrons. The fourth-order valence-electron chi connectivity index (χ4n) is 3.23. The molecule has 9 heteroatoms. The molecular formula is C19H17FN4O4. The van der Waals surface area contributed by atoms with E-state index in [4.69, 9.17) is 4.42 Å². The number of amides is 1. The van der Waals surface area contributed by atoms with Gasteiger partial charge in [-0.1, -0.05) is 13.0 Å². The monoisotopic (exact) mass is 384 g/mol. The smallest absolute Gasteiger partial charge is 0.254 e. The first kappa shape index (κ1) is 17.9. The number of nitrogens with one attached hydrogen (secondary N) is 3. The zero-order chi connectivity index (χ0) is 20.0. The lowest BCUT2D eigenvalue weighted by Crippen LogP contribution is -2.37. The van der Waals surface area contributed by atoms with E-state index >= 15 is 0 Å². The second-order valence-corrected chi connectivity index (χ2v) is 6.59. The number of aryl methyl sites for hydroxylation is 1. The number of oxazole rings is 1. The molecule has 0 fully saturated rings. The van der Waals surface area contributed by atoms with Crippen molar-refractivity contribution >= 4 is 23.0 Å². The van der Waals surface area contributed by atoms with Crippen molar-refractivity contribution in [3.63, 3.8) is 0 Å². The van der Waals surface area contributed by atoms with Crippen molar-refractivity contribution in [3.05, 3.63) is 67.4 Å².